The number of carbonyl (C=O) groups excluding carboxylic acids is 3. The van der Waals surface area contributed by atoms with Crippen molar-refractivity contribution in [2.75, 3.05) is 13.2 Å². The van der Waals surface area contributed by atoms with Gasteiger partial charge in [-0.05, 0) is 49.3 Å². The first kappa shape index (κ1) is 23.1. The molecule has 1 aromatic carbocycles. The van der Waals surface area contributed by atoms with E-state index in [9.17, 15) is 29.8 Å². The van der Waals surface area contributed by atoms with E-state index in [1.807, 2.05) is 6.07 Å². The summed E-state index contributed by atoms with van der Waals surface area (Å²) in [6.07, 6.45) is 1.67. The first-order chi connectivity index (χ1) is 15.7. The third kappa shape index (κ3) is 5.04. The zero-order chi connectivity index (χ0) is 24.1. The minimum absolute atomic E-state index is 0.0209. The van der Waals surface area contributed by atoms with Crippen molar-refractivity contribution in [3.63, 3.8) is 0 Å². The molecule has 0 atom stereocenters. The van der Waals surface area contributed by atoms with Crippen LogP contribution in [0.3, 0.4) is 0 Å². The van der Waals surface area contributed by atoms with Gasteiger partial charge in [0.25, 0.3) is 17.5 Å². The molecule has 0 aliphatic carbocycles. The van der Waals surface area contributed by atoms with Gasteiger partial charge in [0.15, 0.2) is 0 Å². The molecule has 0 fully saturated rings. The van der Waals surface area contributed by atoms with Crippen LogP contribution in [0.1, 0.15) is 26.0 Å². The molecule has 0 bridgehead atoms. The summed E-state index contributed by atoms with van der Waals surface area (Å²) in [5, 5.41) is 20.3. The maximum atomic E-state index is 13.0. The van der Waals surface area contributed by atoms with Crippen LogP contribution in [0.2, 0.25) is 0 Å². The van der Waals surface area contributed by atoms with Crippen molar-refractivity contribution in [1.29, 1.82) is 5.26 Å². The van der Waals surface area contributed by atoms with Gasteiger partial charge >= 0.3 is 5.97 Å². The van der Waals surface area contributed by atoms with Gasteiger partial charge in [0.05, 0.1) is 11.5 Å². The van der Waals surface area contributed by atoms with Gasteiger partial charge in [-0.3, -0.25) is 29.4 Å². The van der Waals surface area contributed by atoms with Crippen molar-refractivity contribution >= 4 is 29.5 Å². The molecule has 2 aromatic rings. The second-order valence-corrected chi connectivity index (χ2v) is 7.13. The first-order valence-corrected chi connectivity index (χ1v) is 9.90. The molecule has 2 heterocycles. The van der Waals surface area contributed by atoms with Gasteiger partial charge in [-0.1, -0.05) is 0 Å². The Bertz CT molecular complexity index is 1230. The van der Waals surface area contributed by atoms with E-state index < -0.39 is 22.7 Å². The maximum absolute atomic E-state index is 13.0. The van der Waals surface area contributed by atoms with Gasteiger partial charge in [-0.2, -0.15) is 5.26 Å². The van der Waals surface area contributed by atoms with Crippen LogP contribution >= 0.6 is 0 Å². The SMILES string of the molecule is CC(=O)OCCCN1C(=O)C(C#N)=C(C)/C(=C\c2ccc(-c3ccc([N+](=O)[O-])cc3)o2)C1=O. The molecule has 0 saturated carbocycles. The summed E-state index contributed by atoms with van der Waals surface area (Å²) in [6, 6.07) is 10.9. The molecule has 3 rings (SSSR count). The first-order valence-electron chi connectivity index (χ1n) is 9.90. The molecule has 0 N–H and O–H groups in total. The Hall–Kier alpha value is -4.52. The van der Waals surface area contributed by atoms with Crippen LogP contribution < -0.4 is 0 Å². The molecule has 2 amide bonds. The third-order valence-corrected chi connectivity index (χ3v) is 4.93. The Morgan fingerprint density at radius 3 is 2.52 bits per heavy atom. The van der Waals surface area contributed by atoms with Crippen LogP contribution in [0, 0.1) is 21.4 Å². The lowest BCUT2D eigenvalue weighted by molar-refractivity contribution is -0.384. The van der Waals surface area contributed by atoms with Crippen molar-refractivity contribution in [3.8, 4) is 17.4 Å². The van der Waals surface area contributed by atoms with Crippen LogP contribution in [-0.4, -0.2) is 40.8 Å². The molecule has 1 aromatic heterocycles. The Balaban J connectivity index is 1.88. The van der Waals surface area contributed by atoms with Gasteiger partial charge in [0, 0.05) is 36.7 Å². The van der Waals surface area contributed by atoms with Crippen LogP contribution in [0.25, 0.3) is 17.4 Å². The van der Waals surface area contributed by atoms with Crippen LogP contribution in [-0.2, 0) is 19.1 Å². The molecule has 0 radical (unpaired) electrons. The number of furan rings is 1. The Kier molecular flexibility index (Phi) is 6.83. The van der Waals surface area contributed by atoms with E-state index in [1.165, 1.54) is 32.1 Å². The number of benzene rings is 1. The molecule has 1 aliphatic heterocycles. The number of nitro groups is 1. The van der Waals surface area contributed by atoms with Crippen molar-refractivity contribution in [3.05, 3.63) is 69.0 Å². The number of nitrogens with zero attached hydrogens (tertiary/aromatic N) is 3. The normalized spacial score (nSPS) is 15.1. The number of non-ortho nitro benzene ring substituents is 1. The summed E-state index contributed by atoms with van der Waals surface area (Å²) < 4.78 is 10.6. The molecular formula is C23H19N3O7. The van der Waals surface area contributed by atoms with E-state index in [1.54, 1.807) is 24.3 Å². The number of carbonyl (C=O) groups is 3. The largest absolute Gasteiger partial charge is 0.466 e. The number of nitriles is 1. The van der Waals surface area contributed by atoms with Crippen molar-refractivity contribution in [2.45, 2.75) is 20.3 Å². The summed E-state index contributed by atoms with van der Waals surface area (Å²) in [5.74, 6) is -1.03. The number of hydrogen-bond acceptors (Lipinski definition) is 8. The average Bonchev–Trinajstić information content (AvgIpc) is 3.25. The minimum atomic E-state index is -0.703. The van der Waals surface area contributed by atoms with E-state index in [4.69, 9.17) is 9.15 Å². The molecule has 0 spiro atoms. The number of ether oxygens (including phenoxy) is 1. The van der Waals surface area contributed by atoms with Gasteiger partial charge < -0.3 is 9.15 Å². The van der Waals surface area contributed by atoms with E-state index >= 15 is 0 Å². The highest BCUT2D eigenvalue weighted by Gasteiger charge is 2.35. The zero-order valence-corrected chi connectivity index (χ0v) is 17.9. The number of imide groups is 1. The molecule has 0 unspecified atom stereocenters. The lowest BCUT2D eigenvalue weighted by Crippen LogP contribution is -2.43. The molecule has 0 saturated heterocycles. The lowest BCUT2D eigenvalue weighted by Gasteiger charge is -2.27. The summed E-state index contributed by atoms with van der Waals surface area (Å²) in [6.45, 7) is 2.78. The standard InChI is InChI=1S/C23H19N3O7/c1-14-19(22(28)25(23(29)20(14)13-24)10-3-11-32-15(2)27)12-18-8-9-21(33-18)16-4-6-17(7-5-16)26(30)31/h4-9,12H,3,10-11H2,1-2H3/b19-12+. The number of amides is 2. The van der Waals surface area contributed by atoms with Crippen molar-refractivity contribution in [1.82, 2.24) is 4.90 Å². The van der Waals surface area contributed by atoms with Crippen LogP contribution in [0.5, 0.6) is 0 Å². The van der Waals surface area contributed by atoms with Crippen LogP contribution in [0.4, 0.5) is 5.69 Å². The number of nitro benzene ring substituents is 1. The summed E-state index contributed by atoms with van der Waals surface area (Å²) in [5.41, 5.74) is 0.756. The van der Waals surface area contributed by atoms with Gasteiger partial charge in [-0.15, -0.1) is 0 Å². The molecule has 33 heavy (non-hydrogen) atoms. The fourth-order valence-electron chi connectivity index (χ4n) is 3.25. The Morgan fingerprint density at radius 2 is 1.91 bits per heavy atom. The number of esters is 1. The maximum Gasteiger partial charge on any atom is 0.302 e. The number of rotatable bonds is 7. The highest BCUT2D eigenvalue weighted by Crippen LogP contribution is 2.30. The molecule has 1 aliphatic rings. The second-order valence-electron chi connectivity index (χ2n) is 7.13. The van der Waals surface area contributed by atoms with Crippen molar-refractivity contribution in [2.24, 2.45) is 0 Å². The van der Waals surface area contributed by atoms with Gasteiger partial charge in [-0.25, -0.2) is 0 Å². The van der Waals surface area contributed by atoms with Crippen LogP contribution in [0.15, 0.2) is 57.5 Å². The topological polar surface area (TPSA) is 144 Å². The zero-order valence-electron chi connectivity index (χ0n) is 17.9. The lowest BCUT2D eigenvalue weighted by atomic mass is 9.94. The monoisotopic (exact) mass is 449 g/mol. The average molecular weight is 449 g/mol. The van der Waals surface area contributed by atoms with E-state index in [2.05, 4.69) is 0 Å². The summed E-state index contributed by atoms with van der Waals surface area (Å²) >= 11 is 0. The fourth-order valence-corrected chi connectivity index (χ4v) is 3.25. The van der Waals surface area contributed by atoms with Gasteiger partial charge in [0.2, 0.25) is 0 Å². The third-order valence-electron chi connectivity index (χ3n) is 4.93. The second kappa shape index (κ2) is 9.74. The molecule has 10 heteroatoms. The smallest absolute Gasteiger partial charge is 0.302 e. The van der Waals surface area contributed by atoms with E-state index in [0.717, 1.165) is 4.90 Å². The van der Waals surface area contributed by atoms with E-state index in [-0.39, 0.29) is 42.0 Å². The predicted molar refractivity (Wildman–Crippen MR) is 115 cm³/mol. The molecular weight excluding hydrogens is 430 g/mol. The van der Waals surface area contributed by atoms with E-state index in [0.29, 0.717) is 17.1 Å². The summed E-state index contributed by atoms with van der Waals surface area (Å²) in [4.78, 5) is 47.7. The highest BCUT2D eigenvalue weighted by atomic mass is 16.6. The van der Waals surface area contributed by atoms with Crippen molar-refractivity contribution < 1.29 is 28.5 Å². The molecule has 168 valence electrons. The highest BCUT2D eigenvalue weighted by molar-refractivity contribution is 6.19. The number of hydrogen-bond donors (Lipinski definition) is 0. The quantitative estimate of drug-likeness (QED) is 0.156. The summed E-state index contributed by atoms with van der Waals surface area (Å²) in [7, 11) is 0. The predicted octanol–water partition coefficient (Wildman–Crippen LogP) is 3.40. The Morgan fingerprint density at radius 1 is 1.21 bits per heavy atom. The minimum Gasteiger partial charge on any atom is -0.466 e. The van der Waals surface area contributed by atoms with Gasteiger partial charge in [0.1, 0.15) is 23.2 Å². The Labute approximate surface area is 188 Å². The fraction of sp³-hybridized carbons (Fsp3) is 0.217. The molecule has 10 nitrogen and oxygen atoms in total.